The lowest BCUT2D eigenvalue weighted by atomic mass is 10.2. The van der Waals surface area contributed by atoms with E-state index < -0.39 is 17.2 Å². The molecule has 192 valence electrons. The average molecular weight is 530 g/mol. The third-order valence-corrected chi connectivity index (χ3v) is 6.57. The first-order valence-electron chi connectivity index (χ1n) is 11.6. The zero-order chi connectivity index (χ0) is 26.5. The highest BCUT2D eigenvalue weighted by Gasteiger charge is 2.16. The van der Waals surface area contributed by atoms with Crippen molar-refractivity contribution >= 4 is 23.5 Å². The summed E-state index contributed by atoms with van der Waals surface area (Å²) in [7, 11) is 1.61. The number of furan rings is 1. The fraction of sp³-hybridized carbons (Fsp3) is 0.111. The van der Waals surface area contributed by atoms with Crippen molar-refractivity contribution in [2.75, 3.05) is 18.2 Å². The van der Waals surface area contributed by atoms with Crippen LogP contribution in [0.3, 0.4) is 0 Å². The number of amides is 1. The number of aromatic nitrogens is 4. The van der Waals surface area contributed by atoms with Crippen molar-refractivity contribution in [1.29, 1.82) is 0 Å². The molecule has 0 aliphatic rings. The zero-order valence-corrected chi connectivity index (χ0v) is 21.1. The molecule has 3 aromatic heterocycles. The molecule has 11 heteroatoms. The highest BCUT2D eigenvalue weighted by Crippen LogP contribution is 2.28. The van der Waals surface area contributed by atoms with Gasteiger partial charge in [0.15, 0.2) is 5.16 Å². The van der Waals surface area contributed by atoms with Gasteiger partial charge in [-0.3, -0.25) is 23.7 Å². The minimum atomic E-state index is -0.653. The van der Waals surface area contributed by atoms with E-state index in [9.17, 15) is 14.4 Å². The summed E-state index contributed by atoms with van der Waals surface area (Å²) in [5.41, 5.74) is 1.28. The number of rotatable bonds is 9. The summed E-state index contributed by atoms with van der Waals surface area (Å²) in [6.07, 6.45) is 3.39. The first-order chi connectivity index (χ1) is 18.5. The molecule has 2 aromatic carbocycles. The van der Waals surface area contributed by atoms with Crippen molar-refractivity contribution in [1.82, 2.24) is 19.1 Å². The number of H-pyrrole nitrogens is 1. The number of hydrogen-bond acceptors (Lipinski definition) is 7. The Hall–Kier alpha value is -4.77. The quantitative estimate of drug-likeness (QED) is 0.279. The minimum Gasteiger partial charge on any atom is -0.497 e. The highest BCUT2D eigenvalue weighted by atomic mass is 32.2. The number of carbonyl (C=O) groups is 1. The van der Waals surface area contributed by atoms with Crippen LogP contribution in [0, 0.1) is 0 Å². The number of nitrogens with zero attached hydrogens (tertiary/aromatic N) is 3. The van der Waals surface area contributed by atoms with Gasteiger partial charge < -0.3 is 14.5 Å². The summed E-state index contributed by atoms with van der Waals surface area (Å²) in [4.78, 5) is 44.3. The third kappa shape index (κ3) is 5.62. The highest BCUT2D eigenvalue weighted by molar-refractivity contribution is 7.99. The van der Waals surface area contributed by atoms with Crippen LogP contribution < -0.4 is 21.3 Å². The zero-order valence-electron chi connectivity index (χ0n) is 20.3. The van der Waals surface area contributed by atoms with Crippen LogP contribution in [0.1, 0.15) is 5.76 Å². The number of aromatic amines is 1. The van der Waals surface area contributed by atoms with Crippen molar-refractivity contribution in [3.05, 3.63) is 112 Å². The van der Waals surface area contributed by atoms with Crippen LogP contribution in [0.2, 0.25) is 0 Å². The van der Waals surface area contributed by atoms with Crippen LogP contribution in [0.25, 0.3) is 16.9 Å². The SMILES string of the molecule is COc1ccc(-n2cc(-c3ccccc3)nc2SCC(=O)Nc2cc(=O)[nH]c(=O)n2Cc2ccco2)cc1. The van der Waals surface area contributed by atoms with Gasteiger partial charge in [-0.25, -0.2) is 9.78 Å². The van der Waals surface area contributed by atoms with E-state index in [0.717, 1.165) is 22.7 Å². The first-order valence-corrected chi connectivity index (χ1v) is 12.6. The maximum atomic E-state index is 12.9. The van der Waals surface area contributed by atoms with E-state index in [2.05, 4.69) is 10.3 Å². The fourth-order valence-electron chi connectivity index (χ4n) is 3.79. The maximum Gasteiger partial charge on any atom is 0.330 e. The van der Waals surface area contributed by atoms with Crippen molar-refractivity contribution in [2.45, 2.75) is 11.7 Å². The van der Waals surface area contributed by atoms with E-state index in [4.69, 9.17) is 14.1 Å². The number of anilines is 1. The van der Waals surface area contributed by atoms with E-state index in [1.807, 2.05) is 65.4 Å². The topological polar surface area (TPSA) is 124 Å². The molecule has 5 aromatic rings. The lowest BCUT2D eigenvalue weighted by molar-refractivity contribution is -0.113. The summed E-state index contributed by atoms with van der Waals surface area (Å²) >= 11 is 1.23. The molecule has 0 fully saturated rings. The Balaban J connectivity index is 1.39. The Morgan fingerprint density at radius 1 is 1.08 bits per heavy atom. The van der Waals surface area contributed by atoms with Crippen LogP contribution in [-0.4, -0.2) is 37.9 Å². The van der Waals surface area contributed by atoms with Gasteiger partial charge in [0.25, 0.3) is 5.56 Å². The number of benzene rings is 2. The molecule has 3 heterocycles. The summed E-state index contributed by atoms with van der Waals surface area (Å²) in [6.45, 7) is 0.0493. The molecule has 0 bridgehead atoms. The molecule has 2 N–H and O–H groups in total. The normalized spacial score (nSPS) is 10.9. The number of methoxy groups -OCH3 is 1. The van der Waals surface area contributed by atoms with Crippen molar-refractivity contribution in [2.24, 2.45) is 0 Å². The van der Waals surface area contributed by atoms with Gasteiger partial charge >= 0.3 is 5.69 Å². The molecule has 5 rings (SSSR count). The van der Waals surface area contributed by atoms with Gasteiger partial charge in [0, 0.05) is 23.5 Å². The lowest BCUT2D eigenvalue weighted by Gasteiger charge is -2.12. The molecule has 0 unspecified atom stereocenters. The largest absolute Gasteiger partial charge is 0.497 e. The van der Waals surface area contributed by atoms with E-state index in [-0.39, 0.29) is 18.1 Å². The number of hydrogen-bond donors (Lipinski definition) is 2. The summed E-state index contributed by atoms with van der Waals surface area (Å²) < 4.78 is 13.7. The number of imidazole rings is 1. The number of ether oxygens (including phenoxy) is 1. The standard InChI is InChI=1S/C27H23N5O5S/c1-36-20-11-9-19(10-12-20)31-16-22(18-6-3-2-4-7-18)28-27(31)38-17-25(34)29-23-14-24(33)30-26(35)32(23)15-21-8-5-13-37-21/h2-14,16H,15,17H2,1H3,(H,29,34)(H,30,33,35). The maximum absolute atomic E-state index is 12.9. The molecule has 0 atom stereocenters. The van der Waals surface area contributed by atoms with Crippen LogP contribution in [-0.2, 0) is 11.3 Å². The van der Waals surface area contributed by atoms with Gasteiger partial charge in [-0.15, -0.1) is 0 Å². The molecule has 10 nitrogen and oxygen atoms in total. The summed E-state index contributed by atoms with van der Waals surface area (Å²) in [6, 6.07) is 21.8. The van der Waals surface area contributed by atoms with E-state index in [0.29, 0.717) is 10.9 Å². The predicted octanol–water partition coefficient (Wildman–Crippen LogP) is 3.77. The van der Waals surface area contributed by atoms with Crippen molar-refractivity contribution in [3.63, 3.8) is 0 Å². The molecular weight excluding hydrogens is 506 g/mol. The van der Waals surface area contributed by atoms with Gasteiger partial charge in [0.05, 0.1) is 31.4 Å². The van der Waals surface area contributed by atoms with E-state index in [1.165, 1.54) is 28.7 Å². The second-order valence-corrected chi connectivity index (χ2v) is 9.11. The second-order valence-electron chi connectivity index (χ2n) is 8.17. The number of thioether (sulfide) groups is 1. The Morgan fingerprint density at radius 3 is 2.58 bits per heavy atom. The predicted molar refractivity (Wildman–Crippen MR) is 144 cm³/mol. The van der Waals surface area contributed by atoms with Crippen LogP contribution in [0.5, 0.6) is 5.75 Å². The number of carbonyl (C=O) groups excluding carboxylic acids is 1. The van der Waals surface area contributed by atoms with Gasteiger partial charge in [-0.2, -0.15) is 0 Å². The Morgan fingerprint density at radius 2 is 1.87 bits per heavy atom. The van der Waals surface area contributed by atoms with Crippen LogP contribution >= 0.6 is 11.8 Å². The molecule has 0 saturated heterocycles. The van der Waals surface area contributed by atoms with Crippen molar-refractivity contribution in [3.8, 4) is 22.7 Å². The molecule has 0 aliphatic carbocycles. The minimum absolute atomic E-state index is 0.0108. The summed E-state index contributed by atoms with van der Waals surface area (Å²) in [5.74, 6) is 0.884. The lowest BCUT2D eigenvalue weighted by Crippen LogP contribution is -2.33. The Bertz CT molecular complexity index is 1660. The molecule has 0 spiro atoms. The molecule has 38 heavy (non-hydrogen) atoms. The summed E-state index contributed by atoms with van der Waals surface area (Å²) in [5, 5.41) is 3.28. The van der Waals surface area contributed by atoms with Gasteiger partial charge in [-0.1, -0.05) is 42.1 Å². The molecule has 1 amide bonds. The fourth-order valence-corrected chi connectivity index (χ4v) is 4.58. The first kappa shape index (κ1) is 24.9. The third-order valence-electron chi connectivity index (χ3n) is 5.62. The molecule has 0 radical (unpaired) electrons. The van der Waals surface area contributed by atoms with Crippen molar-refractivity contribution < 1.29 is 13.9 Å². The molecule has 0 saturated carbocycles. The second kappa shape index (κ2) is 11.1. The Kier molecular flexibility index (Phi) is 7.27. The smallest absolute Gasteiger partial charge is 0.330 e. The average Bonchev–Trinajstić information content (AvgIpc) is 3.60. The van der Waals surface area contributed by atoms with Gasteiger partial charge in [0.2, 0.25) is 5.91 Å². The van der Waals surface area contributed by atoms with E-state index >= 15 is 0 Å². The monoisotopic (exact) mass is 529 g/mol. The number of nitrogens with one attached hydrogen (secondary N) is 2. The Labute approximate surface area is 220 Å². The molecular formula is C27H23N5O5S. The van der Waals surface area contributed by atoms with Gasteiger partial charge in [0.1, 0.15) is 17.3 Å². The van der Waals surface area contributed by atoms with Crippen LogP contribution in [0.4, 0.5) is 5.82 Å². The van der Waals surface area contributed by atoms with Crippen LogP contribution in [0.15, 0.2) is 104 Å². The van der Waals surface area contributed by atoms with Gasteiger partial charge in [-0.05, 0) is 36.4 Å². The van der Waals surface area contributed by atoms with E-state index in [1.54, 1.807) is 19.2 Å². The molecule has 0 aliphatic heterocycles.